The maximum absolute atomic E-state index is 5.51. The zero-order chi connectivity index (χ0) is 9.14. The lowest BCUT2D eigenvalue weighted by Gasteiger charge is -2.19. The number of hydrogen-bond donors (Lipinski definition) is 1. The number of hydrogen-bond acceptors (Lipinski definition) is 3. The molecule has 0 aromatic carbocycles. The van der Waals surface area contributed by atoms with Crippen LogP contribution >= 0.6 is 12.6 Å². The van der Waals surface area contributed by atoms with Crippen LogP contribution in [-0.2, 0) is 0 Å². The first-order valence-electron chi connectivity index (χ1n) is 3.98. The minimum Gasteiger partial charge on any atom is -0.465 e. The van der Waals surface area contributed by atoms with Gasteiger partial charge in [0.25, 0.3) is 0 Å². The van der Waals surface area contributed by atoms with Crippen LogP contribution in [0, 0.1) is 6.92 Å². The Morgan fingerprint density at radius 3 is 2.50 bits per heavy atom. The fraction of sp³-hybridized carbons (Fsp3) is 0.556. The Morgan fingerprint density at radius 2 is 2.17 bits per heavy atom. The summed E-state index contributed by atoms with van der Waals surface area (Å²) in [6.07, 6.45) is 0. The molecule has 3 heteroatoms. The van der Waals surface area contributed by atoms with Gasteiger partial charge in [-0.2, -0.15) is 12.6 Å². The minimum atomic E-state index is 0.280. The summed E-state index contributed by atoms with van der Waals surface area (Å²) in [5.74, 6) is 2.73. The fourth-order valence-electron chi connectivity index (χ4n) is 1.14. The van der Waals surface area contributed by atoms with Gasteiger partial charge in [-0.3, -0.25) is 4.90 Å². The largest absolute Gasteiger partial charge is 0.465 e. The average molecular weight is 185 g/mol. The van der Waals surface area contributed by atoms with Crippen LogP contribution in [0.5, 0.6) is 0 Å². The number of thiol groups is 1. The summed E-state index contributed by atoms with van der Waals surface area (Å²) in [6, 6.07) is 4.27. The first-order valence-corrected chi connectivity index (χ1v) is 4.62. The van der Waals surface area contributed by atoms with E-state index in [4.69, 9.17) is 4.42 Å². The summed E-state index contributed by atoms with van der Waals surface area (Å²) in [7, 11) is 4.05. The molecule has 0 spiro atoms. The van der Waals surface area contributed by atoms with Gasteiger partial charge in [0.1, 0.15) is 11.5 Å². The van der Waals surface area contributed by atoms with Crippen molar-refractivity contribution >= 4 is 12.6 Å². The number of rotatable bonds is 3. The van der Waals surface area contributed by atoms with Crippen molar-refractivity contribution < 1.29 is 4.42 Å². The zero-order valence-electron chi connectivity index (χ0n) is 7.74. The Hall–Kier alpha value is -0.410. The number of nitrogens with zero attached hydrogens (tertiary/aromatic N) is 1. The molecule has 1 unspecified atom stereocenters. The van der Waals surface area contributed by atoms with E-state index in [-0.39, 0.29) is 6.04 Å². The Labute approximate surface area is 79.0 Å². The maximum atomic E-state index is 5.51. The van der Waals surface area contributed by atoms with E-state index in [9.17, 15) is 0 Å². The van der Waals surface area contributed by atoms with Crippen LogP contribution < -0.4 is 0 Å². The molecule has 0 saturated carbocycles. The molecular weight excluding hydrogens is 170 g/mol. The van der Waals surface area contributed by atoms with Crippen LogP contribution in [-0.4, -0.2) is 24.7 Å². The minimum absolute atomic E-state index is 0.280. The second-order valence-corrected chi connectivity index (χ2v) is 3.48. The van der Waals surface area contributed by atoms with Crippen molar-refractivity contribution in [3.8, 4) is 0 Å². The second kappa shape index (κ2) is 4.01. The summed E-state index contributed by atoms with van der Waals surface area (Å²) < 4.78 is 5.51. The highest BCUT2D eigenvalue weighted by molar-refractivity contribution is 7.80. The molecule has 0 N–H and O–H groups in total. The van der Waals surface area contributed by atoms with E-state index in [0.717, 1.165) is 17.3 Å². The molecule has 0 radical (unpaired) electrons. The van der Waals surface area contributed by atoms with Gasteiger partial charge in [-0.15, -0.1) is 0 Å². The van der Waals surface area contributed by atoms with Crippen molar-refractivity contribution in [2.45, 2.75) is 13.0 Å². The average Bonchev–Trinajstić information content (AvgIpc) is 2.37. The van der Waals surface area contributed by atoms with Crippen LogP contribution in [0.15, 0.2) is 16.5 Å². The summed E-state index contributed by atoms with van der Waals surface area (Å²) in [4.78, 5) is 2.10. The first-order chi connectivity index (χ1) is 5.65. The molecule has 0 aliphatic rings. The zero-order valence-corrected chi connectivity index (χ0v) is 8.64. The van der Waals surface area contributed by atoms with Crippen LogP contribution in [0.3, 0.4) is 0 Å². The number of aryl methyl sites for hydroxylation is 1. The molecule has 1 aromatic heterocycles. The molecule has 0 saturated heterocycles. The van der Waals surface area contributed by atoms with Crippen molar-refractivity contribution in [1.29, 1.82) is 0 Å². The lowest BCUT2D eigenvalue weighted by molar-refractivity contribution is 0.279. The SMILES string of the molecule is Cc1ccc(C(CS)N(C)C)o1. The van der Waals surface area contributed by atoms with Gasteiger partial charge in [0.05, 0.1) is 6.04 Å². The lowest BCUT2D eigenvalue weighted by atomic mass is 10.2. The van der Waals surface area contributed by atoms with Crippen molar-refractivity contribution in [3.05, 3.63) is 23.7 Å². The van der Waals surface area contributed by atoms with Crippen molar-refractivity contribution in [2.75, 3.05) is 19.8 Å². The molecule has 0 bridgehead atoms. The predicted molar refractivity (Wildman–Crippen MR) is 53.7 cm³/mol. The van der Waals surface area contributed by atoms with E-state index in [0.29, 0.717) is 0 Å². The van der Waals surface area contributed by atoms with Crippen LogP contribution in [0.1, 0.15) is 17.6 Å². The number of furan rings is 1. The van der Waals surface area contributed by atoms with Crippen molar-refractivity contribution in [1.82, 2.24) is 4.90 Å². The molecule has 1 atom stereocenters. The molecule has 68 valence electrons. The Bertz CT molecular complexity index is 244. The standard InChI is InChI=1S/C9H15NOS/c1-7-4-5-9(11-7)8(6-12)10(2)3/h4-5,8,12H,6H2,1-3H3. The molecule has 0 fully saturated rings. The van der Waals surface area contributed by atoms with Gasteiger partial charge in [0.2, 0.25) is 0 Å². The second-order valence-electron chi connectivity index (χ2n) is 3.11. The molecule has 2 nitrogen and oxygen atoms in total. The molecular formula is C9H15NOS. The third kappa shape index (κ3) is 2.05. The molecule has 1 rings (SSSR count). The highest BCUT2D eigenvalue weighted by Crippen LogP contribution is 2.21. The summed E-state index contributed by atoms with van der Waals surface area (Å²) in [6.45, 7) is 1.95. The fourth-order valence-corrected chi connectivity index (χ4v) is 1.65. The highest BCUT2D eigenvalue weighted by Gasteiger charge is 2.14. The van der Waals surface area contributed by atoms with Crippen LogP contribution in [0.4, 0.5) is 0 Å². The van der Waals surface area contributed by atoms with Gasteiger partial charge >= 0.3 is 0 Å². The van der Waals surface area contributed by atoms with Crippen molar-refractivity contribution in [2.24, 2.45) is 0 Å². The van der Waals surface area contributed by atoms with Gasteiger partial charge < -0.3 is 4.42 Å². The molecule has 1 aromatic rings. The lowest BCUT2D eigenvalue weighted by Crippen LogP contribution is -2.20. The van der Waals surface area contributed by atoms with Gasteiger partial charge in [-0.05, 0) is 33.2 Å². The van der Waals surface area contributed by atoms with E-state index in [1.54, 1.807) is 0 Å². The first kappa shape index (κ1) is 9.68. The van der Waals surface area contributed by atoms with Crippen LogP contribution in [0.2, 0.25) is 0 Å². The molecule has 12 heavy (non-hydrogen) atoms. The van der Waals surface area contributed by atoms with E-state index in [2.05, 4.69) is 17.5 Å². The molecule has 0 aliphatic heterocycles. The highest BCUT2D eigenvalue weighted by atomic mass is 32.1. The third-order valence-corrected chi connectivity index (χ3v) is 2.23. The Kier molecular flexibility index (Phi) is 3.23. The third-order valence-electron chi connectivity index (χ3n) is 1.89. The summed E-state index contributed by atoms with van der Waals surface area (Å²) in [5, 5.41) is 0. The normalized spacial score (nSPS) is 13.8. The van der Waals surface area contributed by atoms with Gasteiger partial charge in [0.15, 0.2) is 0 Å². The molecule has 0 aliphatic carbocycles. The van der Waals surface area contributed by atoms with Crippen LogP contribution in [0.25, 0.3) is 0 Å². The Balaban J connectivity index is 2.80. The predicted octanol–water partition coefficient (Wildman–Crippen LogP) is 2.12. The van der Waals surface area contributed by atoms with E-state index < -0.39 is 0 Å². The van der Waals surface area contributed by atoms with Gasteiger partial charge in [0, 0.05) is 5.75 Å². The summed E-state index contributed by atoms with van der Waals surface area (Å²) in [5.41, 5.74) is 0. The van der Waals surface area contributed by atoms with Gasteiger partial charge in [-0.25, -0.2) is 0 Å². The molecule has 1 heterocycles. The monoisotopic (exact) mass is 185 g/mol. The van der Waals surface area contributed by atoms with E-state index >= 15 is 0 Å². The quantitative estimate of drug-likeness (QED) is 0.726. The van der Waals surface area contributed by atoms with E-state index in [1.807, 2.05) is 33.2 Å². The topological polar surface area (TPSA) is 16.4 Å². The smallest absolute Gasteiger partial charge is 0.122 e. The van der Waals surface area contributed by atoms with Crippen molar-refractivity contribution in [3.63, 3.8) is 0 Å². The Morgan fingerprint density at radius 1 is 1.50 bits per heavy atom. The van der Waals surface area contributed by atoms with E-state index in [1.165, 1.54) is 0 Å². The summed E-state index contributed by atoms with van der Waals surface area (Å²) >= 11 is 4.27. The maximum Gasteiger partial charge on any atom is 0.122 e. The molecule has 0 amide bonds. The van der Waals surface area contributed by atoms with Gasteiger partial charge in [-0.1, -0.05) is 0 Å².